The summed E-state index contributed by atoms with van der Waals surface area (Å²) in [6, 6.07) is 0.497. The molecule has 0 aromatic rings. The van der Waals surface area contributed by atoms with E-state index < -0.39 is 0 Å². The molecule has 5 heteroatoms. The minimum atomic E-state index is 0. The summed E-state index contributed by atoms with van der Waals surface area (Å²) in [7, 11) is 0. The van der Waals surface area contributed by atoms with E-state index in [0.29, 0.717) is 45.4 Å². The predicted octanol–water partition coefficient (Wildman–Crippen LogP) is 1.04. The summed E-state index contributed by atoms with van der Waals surface area (Å²) < 4.78 is 10.7. The third kappa shape index (κ3) is 13.3. The zero-order valence-corrected chi connectivity index (χ0v) is 11.3. The van der Waals surface area contributed by atoms with E-state index in [0.717, 1.165) is 6.54 Å². The highest BCUT2D eigenvalue weighted by atomic mass is 16.5. The molecule has 0 aromatic heterocycles. The Morgan fingerprint density at radius 3 is 2.24 bits per heavy atom. The number of carbonyl (C=O) groups excluding carboxylic acids is 1. The van der Waals surface area contributed by atoms with E-state index in [1.165, 1.54) is 0 Å². The molecule has 0 aliphatic carbocycles. The van der Waals surface area contributed by atoms with Gasteiger partial charge in [-0.1, -0.05) is 20.8 Å². The first-order chi connectivity index (χ1) is 8.16. The first-order valence-electron chi connectivity index (χ1n) is 6.32. The van der Waals surface area contributed by atoms with E-state index in [4.69, 9.17) is 9.47 Å². The average Bonchev–Trinajstić information content (AvgIpc) is 2.30. The monoisotopic (exact) mass is 250 g/mol. The normalized spacial score (nSPS) is 10.8. The molecule has 106 valence electrons. The van der Waals surface area contributed by atoms with Gasteiger partial charge >= 0.3 is 0 Å². The smallest absolute Gasteiger partial charge is 0.219 e. The van der Waals surface area contributed by atoms with Crippen LogP contribution in [0.25, 0.3) is 0 Å². The highest BCUT2D eigenvalue weighted by Crippen LogP contribution is 1.80. The molecule has 0 unspecified atom stereocenters. The molecular weight excluding hydrogens is 220 g/mol. The van der Waals surface area contributed by atoms with Crippen molar-refractivity contribution in [1.82, 2.24) is 10.6 Å². The second kappa shape index (κ2) is 11.8. The van der Waals surface area contributed by atoms with Crippen LogP contribution >= 0.6 is 0 Å². The summed E-state index contributed by atoms with van der Waals surface area (Å²) in [5.41, 5.74) is 0. The van der Waals surface area contributed by atoms with Gasteiger partial charge in [0, 0.05) is 28.4 Å². The quantitative estimate of drug-likeness (QED) is 0.538. The molecule has 0 aliphatic heterocycles. The Balaban J connectivity index is -0.00000128. The zero-order chi connectivity index (χ0) is 12.9. The Bertz CT molecular complexity index is 196. The molecule has 0 heterocycles. The van der Waals surface area contributed by atoms with Crippen molar-refractivity contribution in [3.63, 3.8) is 0 Å². The highest BCUT2D eigenvalue weighted by Gasteiger charge is 1.95. The Kier molecular flexibility index (Phi) is 11.4. The fourth-order valence-corrected chi connectivity index (χ4v) is 1.13. The lowest BCUT2D eigenvalue weighted by Gasteiger charge is -2.09. The Morgan fingerprint density at radius 2 is 1.71 bits per heavy atom. The van der Waals surface area contributed by atoms with Crippen molar-refractivity contribution in [1.29, 1.82) is 0 Å². The maximum Gasteiger partial charge on any atom is 0.219 e. The molecule has 17 heavy (non-hydrogen) atoms. The highest BCUT2D eigenvalue weighted by molar-refractivity contribution is 5.75. The Hall–Kier alpha value is -0.650. The van der Waals surface area contributed by atoms with Crippen LogP contribution in [0.4, 0.5) is 0 Å². The van der Waals surface area contributed by atoms with E-state index >= 15 is 0 Å². The molecule has 0 radical (unpaired) electrons. The Labute approximate surface area is 107 Å². The molecule has 0 bridgehead atoms. The van der Waals surface area contributed by atoms with Gasteiger partial charge in [-0.25, -0.2) is 0 Å². The van der Waals surface area contributed by atoms with E-state index in [9.17, 15) is 4.79 Å². The second-order valence-electron chi connectivity index (χ2n) is 4.04. The second-order valence-corrected chi connectivity index (χ2v) is 4.04. The molecular formula is C12H30N2O3. The average molecular weight is 250 g/mol. The maximum absolute atomic E-state index is 10.9. The van der Waals surface area contributed by atoms with Crippen molar-refractivity contribution >= 4 is 5.91 Å². The maximum atomic E-state index is 10.9. The van der Waals surface area contributed by atoms with Gasteiger partial charge in [0.2, 0.25) is 5.91 Å². The van der Waals surface area contributed by atoms with Crippen LogP contribution in [0.2, 0.25) is 0 Å². The molecule has 0 aromatic carbocycles. The van der Waals surface area contributed by atoms with Gasteiger partial charge in [0.15, 0.2) is 0 Å². The lowest BCUT2D eigenvalue weighted by atomic mass is 10.4. The van der Waals surface area contributed by atoms with Crippen LogP contribution in [0.5, 0.6) is 0 Å². The van der Waals surface area contributed by atoms with Crippen molar-refractivity contribution in [2.24, 2.45) is 0 Å². The third-order valence-corrected chi connectivity index (χ3v) is 2.06. The fourth-order valence-electron chi connectivity index (χ4n) is 1.13. The van der Waals surface area contributed by atoms with Gasteiger partial charge in [0.05, 0.1) is 26.4 Å². The molecule has 0 fully saturated rings. The van der Waals surface area contributed by atoms with Crippen LogP contribution in [0, 0.1) is 0 Å². The standard InChI is InChI=1S/C12H26N2O3.2H2/c1-4-12(15)14-6-8-17-10-9-16-7-5-13-11(2)3;;/h11,13H,4-10H2,1-3H3,(H,14,15);2*1H. The molecule has 0 rings (SSSR count). The number of ether oxygens (including phenoxy) is 2. The van der Waals surface area contributed by atoms with E-state index in [1.807, 2.05) is 6.92 Å². The van der Waals surface area contributed by atoms with Crippen LogP contribution in [-0.4, -0.2) is 51.5 Å². The summed E-state index contributed by atoms with van der Waals surface area (Å²) in [6.07, 6.45) is 0.520. The largest absolute Gasteiger partial charge is 0.378 e. The van der Waals surface area contributed by atoms with Crippen molar-refractivity contribution in [3.8, 4) is 0 Å². The van der Waals surface area contributed by atoms with Gasteiger partial charge in [0.25, 0.3) is 0 Å². The van der Waals surface area contributed by atoms with Gasteiger partial charge < -0.3 is 20.1 Å². The van der Waals surface area contributed by atoms with E-state index in [1.54, 1.807) is 0 Å². The first-order valence-corrected chi connectivity index (χ1v) is 6.32. The summed E-state index contributed by atoms with van der Waals surface area (Å²) in [5, 5.41) is 6.00. The summed E-state index contributed by atoms with van der Waals surface area (Å²) in [6.45, 7) is 9.89. The van der Waals surface area contributed by atoms with Gasteiger partial charge in [-0.3, -0.25) is 4.79 Å². The predicted molar refractivity (Wildman–Crippen MR) is 72.3 cm³/mol. The van der Waals surface area contributed by atoms with Crippen molar-refractivity contribution in [3.05, 3.63) is 0 Å². The van der Waals surface area contributed by atoms with Crippen LogP contribution in [0.15, 0.2) is 0 Å². The molecule has 0 aliphatic rings. The lowest BCUT2D eigenvalue weighted by Crippen LogP contribution is -2.28. The number of hydrogen-bond donors (Lipinski definition) is 2. The van der Waals surface area contributed by atoms with Crippen molar-refractivity contribution < 1.29 is 17.1 Å². The van der Waals surface area contributed by atoms with Crippen LogP contribution in [0.3, 0.4) is 0 Å². The molecule has 0 atom stereocenters. The topological polar surface area (TPSA) is 59.6 Å². The summed E-state index contributed by atoms with van der Waals surface area (Å²) >= 11 is 0. The number of hydrogen-bond acceptors (Lipinski definition) is 4. The van der Waals surface area contributed by atoms with Crippen molar-refractivity contribution in [2.45, 2.75) is 33.2 Å². The lowest BCUT2D eigenvalue weighted by molar-refractivity contribution is -0.121. The first kappa shape index (κ1) is 16.4. The number of amides is 1. The fraction of sp³-hybridized carbons (Fsp3) is 0.917. The number of rotatable bonds is 11. The minimum Gasteiger partial charge on any atom is -0.378 e. The molecule has 2 N–H and O–H groups in total. The SMILES string of the molecule is CCC(=O)NCCOCCOCCNC(C)C.[HH].[HH]. The van der Waals surface area contributed by atoms with Gasteiger partial charge in [-0.15, -0.1) is 0 Å². The Morgan fingerprint density at radius 1 is 1.12 bits per heavy atom. The third-order valence-electron chi connectivity index (χ3n) is 2.06. The van der Waals surface area contributed by atoms with Crippen LogP contribution in [0.1, 0.15) is 30.0 Å². The zero-order valence-electron chi connectivity index (χ0n) is 11.3. The van der Waals surface area contributed by atoms with E-state index in [-0.39, 0.29) is 8.76 Å². The minimum absolute atomic E-state index is 0. The van der Waals surface area contributed by atoms with E-state index in [2.05, 4.69) is 24.5 Å². The molecule has 5 nitrogen and oxygen atoms in total. The number of nitrogens with one attached hydrogen (secondary N) is 2. The molecule has 0 saturated carbocycles. The summed E-state index contributed by atoms with van der Waals surface area (Å²) in [5.74, 6) is 0.0598. The van der Waals surface area contributed by atoms with Gasteiger partial charge in [-0.05, 0) is 0 Å². The van der Waals surface area contributed by atoms with Gasteiger partial charge in [-0.2, -0.15) is 0 Å². The summed E-state index contributed by atoms with van der Waals surface area (Å²) in [4.78, 5) is 10.9. The van der Waals surface area contributed by atoms with Crippen LogP contribution < -0.4 is 10.6 Å². The molecule has 0 saturated heterocycles. The number of carbonyl (C=O) groups is 1. The van der Waals surface area contributed by atoms with Crippen molar-refractivity contribution in [2.75, 3.05) is 39.5 Å². The molecule has 0 spiro atoms. The van der Waals surface area contributed by atoms with Crippen LogP contribution in [-0.2, 0) is 14.3 Å². The molecule has 1 amide bonds. The van der Waals surface area contributed by atoms with Gasteiger partial charge in [0.1, 0.15) is 0 Å².